The lowest BCUT2D eigenvalue weighted by atomic mass is 10.1. The SMILES string of the molecule is Cc1ccc(-c2nc(Cl)c3cc(Br)cc(C)c3n2)s1. The molecule has 0 bridgehead atoms. The summed E-state index contributed by atoms with van der Waals surface area (Å²) in [6.45, 7) is 4.10. The highest BCUT2D eigenvalue weighted by Gasteiger charge is 2.11. The second-order valence-corrected chi connectivity index (χ2v) is 6.93. The number of aryl methyl sites for hydroxylation is 2. The van der Waals surface area contributed by atoms with E-state index in [2.05, 4.69) is 38.9 Å². The summed E-state index contributed by atoms with van der Waals surface area (Å²) in [5, 5.41) is 1.38. The number of hydrogen-bond acceptors (Lipinski definition) is 3. The Morgan fingerprint density at radius 1 is 1.16 bits per heavy atom. The minimum absolute atomic E-state index is 0.496. The van der Waals surface area contributed by atoms with Crippen LogP contribution in [0.4, 0.5) is 0 Å². The molecule has 0 atom stereocenters. The summed E-state index contributed by atoms with van der Waals surface area (Å²) in [6.07, 6.45) is 0. The Bertz CT molecular complexity index is 782. The van der Waals surface area contributed by atoms with Crippen LogP contribution in [0.25, 0.3) is 21.6 Å². The number of benzene rings is 1. The van der Waals surface area contributed by atoms with E-state index in [1.807, 2.05) is 25.1 Å². The van der Waals surface area contributed by atoms with Crippen LogP contribution in [0, 0.1) is 13.8 Å². The normalized spacial score (nSPS) is 11.2. The minimum Gasteiger partial charge on any atom is -0.227 e. The van der Waals surface area contributed by atoms with Gasteiger partial charge < -0.3 is 0 Å². The van der Waals surface area contributed by atoms with Crippen LogP contribution < -0.4 is 0 Å². The average molecular weight is 354 g/mol. The van der Waals surface area contributed by atoms with Crippen molar-refractivity contribution in [1.29, 1.82) is 0 Å². The number of halogens is 2. The molecule has 3 aromatic rings. The molecule has 5 heteroatoms. The van der Waals surface area contributed by atoms with Crippen molar-refractivity contribution in [3.63, 3.8) is 0 Å². The second-order valence-electron chi connectivity index (χ2n) is 4.37. The molecule has 2 nitrogen and oxygen atoms in total. The van der Waals surface area contributed by atoms with Gasteiger partial charge in [-0.15, -0.1) is 11.3 Å². The Hall–Kier alpha value is -0.970. The molecule has 0 aliphatic heterocycles. The molecular formula is C14H10BrClN2S. The average Bonchev–Trinajstić information content (AvgIpc) is 2.77. The molecule has 0 aliphatic carbocycles. The summed E-state index contributed by atoms with van der Waals surface area (Å²) in [5.41, 5.74) is 1.99. The molecule has 0 radical (unpaired) electrons. The van der Waals surface area contributed by atoms with Gasteiger partial charge in [0.1, 0.15) is 5.15 Å². The zero-order chi connectivity index (χ0) is 13.6. The number of hydrogen-bond donors (Lipinski definition) is 0. The molecule has 1 aromatic carbocycles. The number of aromatic nitrogens is 2. The lowest BCUT2D eigenvalue weighted by molar-refractivity contribution is 1.23. The molecule has 0 saturated carbocycles. The molecule has 2 heterocycles. The van der Waals surface area contributed by atoms with Crippen molar-refractivity contribution in [3.8, 4) is 10.7 Å². The molecule has 2 aromatic heterocycles. The number of rotatable bonds is 1. The van der Waals surface area contributed by atoms with Crippen LogP contribution >= 0.6 is 38.9 Å². The molecule has 0 spiro atoms. The lowest BCUT2D eigenvalue weighted by Gasteiger charge is -2.06. The molecule has 0 fully saturated rings. The summed E-state index contributed by atoms with van der Waals surface area (Å²) in [4.78, 5) is 11.3. The molecule has 19 heavy (non-hydrogen) atoms. The smallest absolute Gasteiger partial charge is 0.171 e. The van der Waals surface area contributed by atoms with Crippen LogP contribution in [-0.2, 0) is 0 Å². The zero-order valence-corrected chi connectivity index (χ0v) is 13.5. The van der Waals surface area contributed by atoms with E-state index in [1.54, 1.807) is 11.3 Å². The number of fused-ring (bicyclic) bond motifs is 1. The van der Waals surface area contributed by atoms with E-state index in [4.69, 9.17) is 11.6 Å². The first-order valence-corrected chi connectivity index (χ1v) is 7.73. The zero-order valence-electron chi connectivity index (χ0n) is 10.4. The van der Waals surface area contributed by atoms with E-state index < -0.39 is 0 Å². The van der Waals surface area contributed by atoms with Gasteiger partial charge in [0, 0.05) is 14.7 Å². The van der Waals surface area contributed by atoms with Crippen molar-refractivity contribution in [2.24, 2.45) is 0 Å². The van der Waals surface area contributed by atoms with E-state index >= 15 is 0 Å². The Morgan fingerprint density at radius 3 is 2.63 bits per heavy atom. The summed E-state index contributed by atoms with van der Waals surface area (Å²) in [6, 6.07) is 8.09. The summed E-state index contributed by atoms with van der Waals surface area (Å²) in [7, 11) is 0. The van der Waals surface area contributed by atoms with E-state index in [9.17, 15) is 0 Å². The highest BCUT2D eigenvalue weighted by Crippen LogP contribution is 2.31. The predicted molar refractivity (Wildman–Crippen MR) is 85.0 cm³/mol. The van der Waals surface area contributed by atoms with Gasteiger partial charge in [-0.25, -0.2) is 9.97 Å². The van der Waals surface area contributed by atoms with Crippen molar-refractivity contribution in [2.75, 3.05) is 0 Å². The fourth-order valence-corrected chi connectivity index (χ4v) is 3.59. The van der Waals surface area contributed by atoms with Crippen LogP contribution in [-0.4, -0.2) is 9.97 Å². The monoisotopic (exact) mass is 352 g/mol. The molecule has 0 N–H and O–H groups in total. The number of thiophene rings is 1. The Balaban J connectivity index is 2.30. The fourth-order valence-electron chi connectivity index (χ4n) is 1.99. The van der Waals surface area contributed by atoms with Gasteiger partial charge >= 0.3 is 0 Å². The van der Waals surface area contributed by atoms with Gasteiger partial charge in [0.2, 0.25) is 0 Å². The first-order chi connectivity index (χ1) is 9.04. The lowest BCUT2D eigenvalue weighted by Crippen LogP contribution is -1.92. The van der Waals surface area contributed by atoms with Crippen molar-refractivity contribution in [1.82, 2.24) is 9.97 Å². The van der Waals surface area contributed by atoms with Crippen LogP contribution in [0.2, 0.25) is 5.15 Å². The van der Waals surface area contributed by atoms with Crippen molar-refractivity contribution in [3.05, 3.63) is 44.3 Å². The van der Waals surface area contributed by atoms with Crippen LogP contribution in [0.5, 0.6) is 0 Å². The standard InChI is InChI=1S/C14H10BrClN2S/c1-7-5-9(15)6-10-12(7)17-14(18-13(10)16)11-4-3-8(2)19-11/h3-6H,1-2H3. The first-order valence-electron chi connectivity index (χ1n) is 5.75. The Morgan fingerprint density at radius 2 is 1.95 bits per heavy atom. The molecule has 96 valence electrons. The van der Waals surface area contributed by atoms with Crippen molar-refractivity contribution < 1.29 is 0 Å². The molecule has 3 rings (SSSR count). The second kappa shape index (κ2) is 4.85. The third kappa shape index (κ3) is 2.40. The molecular weight excluding hydrogens is 344 g/mol. The maximum atomic E-state index is 6.30. The Labute approximate surface area is 128 Å². The van der Waals surface area contributed by atoms with Gasteiger partial charge in [0.05, 0.1) is 10.4 Å². The van der Waals surface area contributed by atoms with Gasteiger partial charge in [-0.1, -0.05) is 27.5 Å². The van der Waals surface area contributed by atoms with Gasteiger partial charge in [-0.2, -0.15) is 0 Å². The van der Waals surface area contributed by atoms with Crippen LogP contribution in [0.15, 0.2) is 28.7 Å². The fraction of sp³-hybridized carbons (Fsp3) is 0.143. The summed E-state index contributed by atoms with van der Waals surface area (Å²) >= 11 is 11.4. The van der Waals surface area contributed by atoms with Gasteiger partial charge in [0.25, 0.3) is 0 Å². The number of nitrogens with zero attached hydrogens (tertiary/aromatic N) is 2. The Kier molecular flexibility index (Phi) is 3.33. The first kappa shape index (κ1) is 13.0. The molecule has 0 amide bonds. The van der Waals surface area contributed by atoms with Gasteiger partial charge in [-0.05, 0) is 43.7 Å². The van der Waals surface area contributed by atoms with Gasteiger partial charge in [-0.3, -0.25) is 0 Å². The third-order valence-electron chi connectivity index (χ3n) is 2.87. The molecule has 0 unspecified atom stereocenters. The van der Waals surface area contributed by atoms with Crippen LogP contribution in [0.1, 0.15) is 10.4 Å². The predicted octanol–water partition coefficient (Wildman–Crippen LogP) is 5.39. The van der Waals surface area contributed by atoms with Crippen molar-refractivity contribution in [2.45, 2.75) is 13.8 Å². The quantitative estimate of drug-likeness (QED) is 0.548. The highest BCUT2D eigenvalue weighted by atomic mass is 79.9. The van der Waals surface area contributed by atoms with E-state index in [0.717, 1.165) is 25.8 Å². The van der Waals surface area contributed by atoms with E-state index in [-0.39, 0.29) is 0 Å². The van der Waals surface area contributed by atoms with E-state index in [0.29, 0.717) is 11.0 Å². The largest absolute Gasteiger partial charge is 0.227 e. The summed E-state index contributed by atoms with van der Waals surface area (Å²) in [5.74, 6) is 0.695. The third-order valence-corrected chi connectivity index (χ3v) is 4.61. The van der Waals surface area contributed by atoms with Crippen LogP contribution in [0.3, 0.4) is 0 Å². The van der Waals surface area contributed by atoms with Crippen molar-refractivity contribution >= 4 is 49.8 Å². The highest BCUT2D eigenvalue weighted by molar-refractivity contribution is 9.10. The minimum atomic E-state index is 0.496. The molecule has 0 aliphatic rings. The van der Waals surface area contributed by atoms with E-state index in [1.165, 1.54) is 4.88 Å². The molecule has 0 saturated heterocycles. The maximum Gasteiger partial charge on any atom is 0.171 e. The topological polar surface area (TPSA) is 25.8 Å². The maximum absolute atomic E-state index is 6.30. The summed E-state index contributed by atoms with van der Waals surface area (Å²) < 4.78 is 0.989. The van der Waals surface area contributed by atoms with Gasteiger partial charge in [0.15, 0.2) is 5.82 Å².